The van der Waals surface area contributed by atoms with E-state index in [9.17, 15) is 34.2 Å². The molecule has 2 fully saturated rings. The second-order valence-corrected chi connectivity index (χ2v) is 9.36. The SMILES string of the molecule is C[C@H]1c2c(N(C)C)cc(N=[N+]=[N-])c(O)c2C(=O)C2C(=O)[C@]3(O)C(=O)C(C(N)=O)C(=O)C[C@@H]3C[C@@H]21. The zero-order valence-electron chi connectivity index (χ0n) is 18.7. The molecule has 3 aliphatic carbocycles. The number of anilines is 1. The number of benzene rings is 1. The summed E-state index contributed by atoms with van der Waals surface area (Å²) in [4.78, 5) is 68.7. The number of phenols is 1. The summed E-state index contributed by atoms with van der Waals surface area (Å²) in [6.45, 7) is 1.75. The van der Waals surface area contributed by atoms with Crippen LogP contribution in [0.15, 0.2) is 11.2 Å². The third-order valence-corrected chi connectivity index (χ3v) is 7.48. The van der Waals surface area contributed by atoms with E-state index in [0.29, 0.717) is 11.3 Å². The molecule has 0 heterocycles. The fraction of sp³-hybridized carbons (Fsp3) is 0.500. The van der Waals surface area contributed by atoms with E-state index in [1.54, 1.807) is 25.9 Å². The molecule has 2 unspecified atom stereocenters. The number of hydrogen-bond acceptors (Lipinski definition) is 9. The van der Waals surface area contributed by atoms with E-state index in [1.807, 2.05) is 0 Å². The van der Waals surface area contributed by atoms with Gasteiger partial charge in [0.25, 0.3) is 0 Å². The van der Waals surface area contributed by atoms with Crippen LogP contribution in [0.2, 0.25) is 0 Å². The minimum absolute atomic E-state index is 0.00601. The standard InChI is InChI=1S/C22H23N5O7/c1-7-9-4-8-5-12(28)15(21(23)33)20(32)22(8,34)19(31)14(9)18(30)16-13(7)11(27(2)3)6-10(17(16)29)25-26-24/h6-9,14-15,29,34H,4-5H2,1-3H3,(H2,23,33)/t7-,8+,9-,14?,15?,22+/m1/s1. The van der Waals surface area contributed by atoms with Crippen molar-refractivity contribution in [2.24, 2.45) is 34.5 Å². The zero-order valence-corrected chi connectivity index (χ0v) is 18.7. The smallest absolute Gasteiger partial charge is 0.235 e. The molecular weight excluding hydrogens is 446 g/mol. The third kappa shape index (κ3) is 2.88. The van der Waals surface area contributed by atoms with E-state index in [1.165, 1.54) is 6.07 Å². The molecule has 34 heavy (non-hydrogen) atoms. The highest BCUT2D eigenvalue weighted by Crippen LogP contribution is 2.56. The lowest BCUT2D eigenvalue weighted by molar-refractivity contribution is -0.176. The number of nitrogens with zero attached hydrogens (tertiary/aromatic N) is 4. The summed E-state index contributed by atoms with van der Waals surface area (Å²) in [5, 5.41) is 25.5. The normalized spacial score (nSPS) is 32.3. The molecule has 4 rings (SSSR count). The fourth-order valence-electron chi connectivity index (χ4n) is 5.88. The molecule has 6 atom stereocenters. The maximum Gasteiger partial charge on any atom is 0.235 e. The largest absolute Gasteiger partial charge is 0.507 e. The van der Waals surface area contributed by atoms with Crippen LogP contribution in [0.25, 0.3) is 10.4 Å². The van der Waals surface area contributed by atoms with E-state index < -0.39 is 76.4 Å². The molecule has 178 valence electrons. The topological polar surface area (TPSA) is 204 Å². The van der Waals surface area contributed by atoms with Crippen molar-refractivity contribution in [1.29, 1.82) is 0 Å². The van der Waals surface area contributed by atoms with Gasteiger partial charge in [-0.1, -0.05) is 12.0 Å². The van der Waals surface area contributed by atoms with Gasteiger partial charge >= 0.3 is 0 Å². The Bertz CT molecular complexity index is 1230. The summed E-state index contributed by atoms with van der Waals surface area (Å²) >= 11 is 0. The monoisotopic (exact) mass is 469 g/mol. The summed E-state index contributed by atoms with van der Waals surface area (Å²) in [7, 11) is 3.39. The van der Waals surface area contributed by atoms with Gasteiger partial charge < -0.3 is 20.8 Å². The molecule has 1 aromatic carbocycles. The number of phenolic OH excluding ortho intramolecular Hbond substituents is 1. The van der Waals surface area contributed by atoms with E-state index in [0.717, 1.165) is 0 Å². The Hall–Kier alpha value is -3.76. The molecule has 0 aliphatic heterocycles. The molecule has 2 saturated carbocycles. The Morgan fingerprint density at radius 2 is 1.91 bits per heavy atom. The van der Waals surface area contributed by atoms with E-state index in [-0.39, 0.29) is 17.7 Å². The van der Waals surface area contributed by atoms with Crippen LogP contribution in [0.3, 0.4) is 0 Å². The molecule has 0 bridgehead atoms. The summed E-state index contributed by atoms with van der Waals surface area (Å²) in [5.41, 5.74) is 11.8. The second kappa shape index (κ2) is 7.64. The van der Waals surface area contributed by atoms with Gasteiger partial charge in [-0.25, -0.2) is 0 Å². The van der Waals surface area contributed by atoms with E-state index in [2.05, 4.69) is 10.0 Å². The number of rotatable bonds is 3. The number of azide groups is 1. The number of aromatic hydroxyl groups is 1. The van der Waals surface area contributed by atoms with Crippen LogP contribution in [0, 0.1) is 23.7 Å². The lowest BCUT2D eigenvalue weighted by Gasteiger charge is -2.50. The molecule has 0 saturated heterocycles. The number of fused-ring (bicyclic) bond motifs is 3. The zero-order chi connectivity index (χ0) is 25.3. The Morgan fingerprint density at radius 3 is 2.47 bits per heavy atom. The van der Waals surface area contributed by atoms with Crippen molar-refractivity contribution in [3.63, 3.8) is 0 Å². The van der Waals surface area contributed by atoms with Crippen molar-refractivity contribution in [2.45, 2.75) is 31.3 Å². The molecule has 1 aromatic rings. The first-order valence-corrected chi connectivity index (χ1v) is 10.7. The Kier molecular flexibility index (Phi) is 5.26. The maximum atomic E-state index is 13.6. The highest BCUT2D eigenvalue weighted by molar-refractivity contribution is 6.31. The molecule has 0 spiro atoms. The van der Waals surface area contributed by atoms with Crippen molar-refractivity contribution in [3.8, 4) is 5.75 Å². The summed E-state index contributed by atoms with van der Waals surface area (Å²) in [5.74, 6) is -11.6. The van der Waals surface area contributed by atoms with Gasteiger partial charge in [-0.05, 0) is 35.4 Å². The lowest BCUT2D eigenvalue weighted by Crippen LogP contribution is -2.68. The quantitative estimate of drug-likeness (QED) is 0.250. The first-order chi connectivity index (χ1) is 15.9. The molecular formula is C22H23N5O7. The number of Topliss-reactive ketones (excluding diaryl/α,β-unsaturated/α-hetero) is 4. The summed E-state index contributed by atoms with van der Waals surface area (Å²) < 4.78 is 0. The Morgan fingerprint density at radius 1 is 1.26 bits per heavy atom. The van der Waals surface area contributed by atoms with Crippen molar-refractivity contribution >= 4 is 40.4 Å². The number of primary amides is 1. The molecule has 4 N–H and O–H groups in total. The van der Waals surface area contributed by atoms with E-state index >= 15 is 0 Å². The molecule has 0 radical (unpaired) electrons. The first kappa shape index (κ1) is 23.4. The Balaban J connectivity index is 1.92. The molecule has 12 nitrogen and oxygen atoms in total. The predicted molar refractivity (Wildman–Crippen MR) is 116 cm³/mol. The van der Waals surface area contributed by atoms with Crippen LogP contribution < -0.4 is 10.6 Å². The van der Waals surface area contributed by atoms with Crippen LogP contribution in [-0.4, -0.2) is 58.9 Å². The fourth-order valence-corrected chi connectivity index (χ4v) is 5.88. The van der Waals surface area contributed by atoms with Crippen LogP contribution in [0.5, 0.6) is 5.75 Å². The number of amides is 1. The minimum atomic E-state index is -2.72. The highest BCUT2D eigenvalue weighted by Gasteiger charge is 2.67. The van der Waals surface area contributed by atoms with Gasteiger partial charge in [0.2, 0.25) is 5.91 Å². The number of aliphatic hydroxyl groups is 1. The molecule has 1 amide bonds. The van der Waals surface area contributed by atoms with Gasteiger partial charge in [0.1, 0.15) is 5.75 Å². The van der Waals surface area contributed by atoms with Gasteiger partial charge in [-0.2, -0.15) is 0 Å². The predicted octanol–water partition coefficient (Wildman–Crippen LogP) is 0.896. The number of hydrogen-bond donors (Lipinski definition) is 3. The average molecular weight is 469 g/mol. The van der Waals surface area contributed by atoms with Crippen LogP contribution in [0.4, 0.5) is 11.4 Å². The summed E-state index contributed by atoms with van der Waals surface area (Å²) in [6.07, 6.45) is -0.409. The Labute approximate surface area is 193 Å². The highest BCUT2D eigenvalue weighted by atomic mass is 16.3. The third-order valence-electron chi connectivity index (χ3n) is 7.48. The van der Waals surface area contributed by atoms with Crippen molar-refractivity contribution in [1.82, 2.24) is 0 Å². The number of carbonyl (C=O) groups is 5. The number of carbonyl (C=O) groups excluding carboxylic acids is 5. The van der Waals surface area contributed by atoms with Crippen molar-refractivity contribution < 1.29 is 34.2 Å². The molecule has 0 aromatic heterocycles. The minimum Gasteiger partial charge on any atom is -0.507 e. The van der Waals surface area contributed by atoms with Crippen molar-refractivity contribution in [2.75, 3.05) is 19.0 Å². The van der Waals surface area contributed by atoms with Gasteiger partial charge in [0.05, 0.1) is 17.2 Å². The summed E-state index contributed by atoms with van der Waals surface area (Å²) in [6, 6.07) is 1.43. The van der Waals surface area contributed by atoms with Gasteiger partial charge in [-0.3, -0.25) is 24.0 Å². The van der Waals surface area contributed by atoms with Crippen LogP contribution in [0.1, 0.15) is 41.6 Å². The average Bonchev–Trinajstić information content (AvgIpc) is 2.75. The first-order valence-electron chi connectivity index (χ1n) is 10.7. The lowest BCUT2D eigenvalue weighted by atomic mass is 9.52. The number of nitrogens with two attached hydrogens (primary N) is 1. The van der Waals surface area contributed by atoms with Gasteiger partial charge in [-0.15, -0.1) is 0 Å². The van der Waals surface area contributed by atoms with Crippen LogP contribution in [-0.2, 0) is 19.2 Å². The number of ketones is 4. The van der Waals surface area contributed by atoms with Crippen molar-refractivity contribution in [3.05, 3.63) is 27.6 Å². The molecule has 3 aliphatic rings. The van der Waals surface area contributed by atoms with Crippen LogP contribution >= 0.6 is 0 Å². The van der Waals surface area contributed by atoms with Gasteiger partial charge in [0, 0.05) is 37.0 Å². The maximum absolute atomic E-state index is 13.6. The second-order valence-electron chi connectivity index (χ2n) is 9.36. The van der Waals surface area contributed by atoms with Gasteiger partial charge in [0.15, 0.2) is 34.7 Å². The van der Waals surface area contributed by atoms with E-state index in [4.69, 9.17) is 11.3 Å². The molecule has 12 heteroatoms.